The maximum absolute atomic E-state index is 11.0. The number of benzene rings is 1. The Kier molecular flexibility index (Phi) is 5.09. The molecule has 0 aromatic heterocycles. The summed E-state index contributed by atoms with van der Waals surface area (Å²) in [7, 11) is 0. The highest BCUT2D eigenvalue weighted by Crippen LogP contribution is 2.22. The van der Waals surface area contributed by atoms with Gasteiger partial charge in [0.2, 0.25) is 0 Å². The molecule has 1 aliphatic rings. The lowest BCUT2D eigenvalue weighted by atomic mass is 10.1. The van der Waals surface area contributed by atoms with Crippen molar-refractivity contribution in [3.05, 3.63) is 39.9 Å². The predicted molar refractivity (Wildman–Crippen MR) is 77.6 cm³/mol. The van der Waals surface area contributed by atoms with Crippen LogP contribution in [0.25, 0.3) is 0 Å². The monoisotopic (exact) mass is 278 g/mol. The lowest BCUT2D eigenvalue weighted by Gasteiger charge is -2.32. The molecule has 2 rings (SSSR count). The van der Waals surface area contributed by atoms with Crippen LogP contribution in [0, 0.1) is 10.1 Å². The van der Waals surface area contributed by atoms with Crippen LogP contribution in [0.1, 0.15) is 32.3 Å². The van der Waals surface area contributed by atoms with Gasteiger partial charge >= 0.3 is 0 Å². The molecule has 0 N–H and O–H groups in total. The summed E-state index contributed by atoms with van der Waals surface area (Å²) in [4.78, 5) is 13.0. The molecule has 1 aromatic carbocycles. The van der Waals surface area contributed by atoms with E-state index in [1.807, 2.05) is 12.1 Å². The van der Waals surface area contributed by atoms with Gasteiger partial charge < -0.3 is 4.74 Å². The molecular formula is C15H22N2O3. The van der Waals surface area contributed by atoms with Crippen molar-refractivity contribution in [2.24, 2.45) is 0 Å². The zero-order valence-electron chi connectivity index (χ0n) is 12.1. The van der Waals surface area contributed by atoms with Gasteiger partial charge in [0, 0.05) is 31.3 Å². The molecule has 5 heteroatoms. The van der Waals surface area contributed by atoms with Crippen LogP contribution in [-0.4, -0.2) is 35.1 Å². The largest absolute Gasteiger partial charge is 0.375 e. The average molecular weight is 278 g/mol. The minimum Gasteiger partial charge on any atom is -0.375 e. The van der Waals surface area contributed by atoms with E-state index in [0.717, 1.165) is 31.5 Å². The van der Waals surface area contributed by atoms with Gasteiger partial charge in [-0.2, -0.15) is 0 Å². The summed E-state index contributed by atoms with van der Waals surface area (Å²) in [5.74, 6) is 0. The number of likely N-dealkylation sites (tertiary alicyclic amines) is 1. The van der Waals surface area contributed by atoms with Crippen molar-refractivity contribution in [1.29, 1.82) is 0 Å². The van der Waals surface area contributed by atoms with Gasteiger partial charge in [-0.1, -0.05) is 18.2 Å². The van der Waals surface area contributed by atoms with Gasteiger partial charge in [-0.15, -0.1) is 0 Å². The molecule has 0 bridgehead atoms. The molecule has 1 heterocycles. The average Bonchev–Trinajstić information content (AvgIpc) is 2.41. The van der Waals surface area contributed by atoms with Crippen molar-refractivity contribution in [3.8, 4) is 0 Å². The molecule has 0 amide bonds. The molecule has 1 saturated heterocycles. The number of rotatable bonds is 5. The summed E-state index contributed by atoms with van der Waals surface area (Å²) >= 11 is 0. The van der Waals surface area contributed by atoms with Gasteiger partial charge in [-0.05, 0) is 26.7 Å². The van der Waals surface area contributed by atoms with Gasteiger partial charge in [0.05, 0.1) is 17.1 Å². The van der Waals surface area contributed by atoms with Crippen molar-refractivity contribution < 1.29 is 9.66 Å². The Bertz CT molecular complexity index is 454. The van der Waals surface area contributed by atoms with Crippen molar-refractivity contribution >= 4 is 5.69 Å². The first-order chi connectivity index (χ1) is 9.56. The number of nitro benzene ring substituents is 1. The fourth-order valence-corrected chi connectivity index (χ4v) is 2.65. The van der Waals surface area contributed by atoms with Crippen molar-refractivity contribution in [2.45, 2.75) is 45.4 Å². The van der Waals surface area contributed by atoms with E-state index in [1.165, 1.54) is 0 Å². The predicted octanol–water partition coefficient (Wildman–Crippen LogP) is 2.98. The van der Waals surface area contributed by atoms with Crippen molar-refractivity contribution in [2.75, 3.05) is 13.1 Å². The van der Waals surface area contributed by atoms with E-state index in [1.54, 1.807) is 12.1 Å². The molecular weight excluding hydrogens is 256 g/mol. The maximum Gasteiger partial charge on any atom is 0.273 e. The Morgan fingerprint density at radius 3 is 2.60 bits per heavy atom. The third-order valence-corrected chi connectivity index (χ3v) is 3.58. The molecule has 20 heavy (non-hydrogen) atoms. The van der Waals surface area contributed by atoms with Crippen molar-refractivity contribution in [3.63, 3.8) is 0 Å². The third-order valence-electron chi connectivity index (χ3n) is 3.58. The lowest BCUT2D eigenvalue weighted by molar-refractivity contribution is -0.385. The number of piperidine rings is 1. The van der Waals surface area contributed by atoms with E-state index in [4.69, 9.17) is 4.74 Å². The molecule has 1 aliphatic heterocycles. The molecule has 0 radical (unpaired) electrons. The summed E-state index contributed by atoms with van der Waals surface area (Å²) in [6.07, 6.45) is 2.59. The zero-order chi connectivity index (χ0) is 14.5. The zero-order valence-corrected chi connectivity index (χ0v) is 12.1. The molecule has 0 aliphatic carbocycles. The minimum atomic E-state index is -0.302. The van der Waals surface area contributed by atoms with Crippen LogP contribution < -0.4 is 0 Å². The lowest BCUT2D eigenvalue weighted by Crippen LogP contribution is -2.37. The summed E-state index contributed by atoms with van der Waals surface area (Å²) < 4.78 is 5.82. The molecule has 0 saturated carbocycles. The van der Waals surface area contributed by atoms with E-state index in [2.05, 4.69) is 18.7 Å². The van der Waals surface area contributed by atoms with Gasteiger partial charge in [0.15, 0.2) is 0 Å². The summed E-state index contributed by atoms with van der Waals surface area (Å²) in [6.45, 7) is 6.62. The van der Waals surface area contributed by atoms with Gasteiger partial charge in [-0.25, -0.2) is 0 Å². The topological polar surface area (TPSA) is 55.6 Å². The van der Waals surface area contributed by atoms with Crippen LogP contribution >= 0.6 is 0 Å². The van der Waals surface area contributed by atoms with Crippen LogP contribution in [0.2, 0.25) is 0 Å². The molecule has 1 aromatic rings. The summed E-state index contributed by atoms with van der Waals surface area (Å²) in [5, 5.41) is 11.0. The molecule has 0 spiro atoms. The summed E-state index contributed by atoms with van der Waals surface area (Å²) in [5.41, 5.74) is 1.01. The Hall–Kier alpha value is -1.46. The highest BCUT2D eigenvalue weighted by atomic mass is 16.6. The molecule has 0 unspecified atom stereocenters. The number of nitro groups is 1. The van der Waals surface area contributed by atoms with Crippen LogP contribution in [0.5, 0.6) is 0 Å². The van der Waals surface area contributed by atoms with Crippen LogP contribution in [0.4, 0.5) is 5.69 Å². The number of para-hydroxylation sites is 1. The fraction of sp³-hybridized carbons (Fsp3) is 0.600. The first-order valence-electron chi connectivity index (χ1n) is 7.16. The van der Waals surface area contributed by atoms with E-state index >= 15 is 0 Å². The number of nitrogens with zero attached hydrogens (tertiary/aromatic N) is 2. The molecule has 1 fully saturated rings. The van der Waals surface area contributed by atoms with E-state index in [9.17, 15) is 10.1 Å². The number of hydrogen-bond donors (Lipinski definition) is 0. The van der Waals surface area contributed by atoms with Gasteiger partial charge in [-0.3, -0.25) is 15.0 Å². The van der Waals surface area contributed by atoms with Crippen molar-refractivity contribution in [1.82, 2.24) is 4.90 Å². The highest BCUT2D eigenvalue weighted by molar-refractivity contribution is 5.39. The quantitative estimate of drug-likeness (QED) is 0.613. The van der Waals surface area contributed by atoms with E-state index < -0.39 is 0 Å². The fourth-order valence-electron chi connectivity index (χ4n) is 2.65. The maximum atomic E-state index is 11.0. The first-order valence-corrected chi connectivity index (χ1v) is 7.16. The van der Waals surface area contributed by atoms with Crippen LogP contribution in [0.15, 0.2) is 24.3 Å². The number of hydrogen-bond acceptors (Lipinski definition) is 4. The second kappa shape index (κ2) is 6.81. The normalized spacial score (nSPS) is 17.6. The van der Waals surface area contributed by atoms with Gasteiger partial charge in [0.25, 0.3) is 5.69 Å². The molecule has 110 valence electrons. The van der Waals surface area contributed by atoms with Crippen LogP contribution in [0.3, 0.4) is 0 Å². The highest BCUT2D eigenvalue weighted by Gasteiger charge is 2.22. The molecule has 5 nitrogen and oxygen atoms in total. The Morgan fingerprint density at radius 1 is 1.35 bits per heavy atom. The second-order valence-corrected chi connectivity index (χ2v) is 5.55. The minimum absolute atomic E-state index is 0.216. The second-order valence-electron chi connectivity index (χ2n) is 5.55. The SMILES string of the molecule is CC(C)OC1CCN(Cc2ccccc2[N+](=O)[O-])CC1. The van der Waals surface area contributed by atoms with Crippen LogP contribution in [-0.2, 0) is 11.3 Å². The van der Waals surface area contributed by atoms with E-state index in [0.29, 0.717) is 12.6 Å². The Labute approximate surface area is 119 Å². The standard InChI is InChI=1S/C15H22N2O3/c1-12(2)20-14-7-9-16(10-8-14)11-13-5-3-4-6-15(13)17(18)19/h3-6,12,14H,7-11H2,1-2H3. The molecule has 0 atom stereocenters. The number of ether oxygens (including phenoxy) is 1. The first kappa shape index (κ1) is 14.9. The van der Waals surface area contributed by atoms with Gasteiger partial charge in [0.1, 0.15) is 0 Å². The third kappa shape index (κ3) is 4.02. The van der Waals surface area contributed by atoms with E-state index in [-0.39, 0.29) is 16.7 Å². The summed E-state index contributed by atoms with van der Waals surface area (Å²) in [6, 6.07) is 6.99. The Morgan fingerprint density at radius 2 is 2.00 bits per heavy atom. The Balaban J connectivity index is 1.91. The smallest absolute Gasteiger partial charge is 0.273 e.